The van der Waals surface area contributed by atoms with Gasteiger partial charge in [-0.3, -0.25) is 0 Å². The van der Waals surface area contributed by atoms with E-state index in [2.05, 4.69) is 42.9 Å². The van der Waals surface area contributed by atoms with Gasteiger partial charge < -0.3 is 0 Å². The molecule has 0 bridgehead atoms. The molecule has 0 aliphatic carbocycles. The van der Waals surface area contributed by atoms with E-state index in [4.69, 9.17) is 11.6 Å². The maximum atomic E-state index is 5.75. The lowest BCUT2D eigenvalue weighted by atomic mass is 10.2. The third kappa shape index (κ3) is 3.79. The van der Waals surface area contributed by atoms with Crippen molar-refractivity contribution in [1.29, 1.82) is 0 Å². The zero-order chi connectivity index (χ0) is 9.68. The van der Waals surface area contributed by atoms with Crippen molar-refractivity contribution in [2.24, 2.45) is 0 Å². The standard InChI is InChI=1S/C9H8Br2ClN/c10-4-2-1-3-7-5-9(12)13-6-8(7)11/h1,3,5-6H,2,4H2. The van der Waals surface area contributed by atoms with Gasteiger partial charge >= 0.3 is 0 Å². The molecule has 0 aliphatic heterocycles. The van der Waals surface area contributed by atoms with E-state index in [0.29, 0.717) is 5.15 Å². The second kappa shape index (κ2) is 5.78. The lowest BCUT2D eigenvalue weighted by Gasteiger charge is -1.97. The van der Waals surface area contributed by atoms with E-state index >= 15 is 0 Å². The number of hydrogen-bond donors (Lipinski definition) is 0. The van der Waals surface area contributed by atoms with Crippen LogP contribution in [0.2, 0.25) is 5.15 Å². The van der Waals surface area contributed by atoms with Gasteiger partial charge in [-0.15, -0.1) is 0 Å². The Labute approximate surface area is 99.5 Å². The van der Waals surface area contributed by atoms with E-state index in [0.717, 1.165) is 21.8 Å². The molecule has 0 N–H and O–H groups in total. The summed E-state index contributed by atoms with van der Waals surface area (Å²) in [6.45, 7) is 0. The summed E-state index contributed by atoms with van der Waals surface area (Å²) in [5.41, 5.74) is 1.06. The number of halogens is 3. The number of hydrogen-bond acceptors (Lipinski definition) is 1. The normalized spacial score (nSPS) is 11.0. The summed E-state index contributed by atoms with van der Waals surface area (Å²) in [6, 6.07) is 1.83. The summed E-state index contributed by atoms with van der Waals surface area (Å²) in [5, 5.41) is 1.49. The molecule has 1 aromatic rings. The van der Waals surface area contributed by atoms with Crippen molar-refractivity contribution in [3.63, 3.8) is 0 Å². The number of pyridine rings is 1. The highest BCUT2D eigenvalue weighted by molar-refractivity contribution is 9.10. The first-order valence-electron chi connectivity index (χ1n) is 3.77. The molecule has 0 aromatic carbocycles. The van der Waals surface area contributed by atoms with Crippen LogP contribution in [0.1, 0.15) is 12.0 Å². The van der Waals surface area contributed by atoms with Crippen molar-refractivity contribution in [3.05, 3.63) is 33.5 Å². The zero-order valence-corrected chi connectivity index (χ0v) is 10.7. The second-order valence-electron chi connectivity index (χ2n) is 2.41. The van der Waals surface area contributed by atoms with Gasteiger partial charge in [0.1, 0.15) is 5.15 Å². The maximum Gasteiger partial charge on any atom is 0.129 e. The van der Waals surface area contributed by atoms with Crippen LogP contribution in [-0.2, 0) is 0 Å². The van der Waals surface area contributed by atoms with Crippen molar-refractivity contribution in [2.75, 3.05) is 5.33 Å². The first-order valence-corrected chi connectivity index (χ1v) is 6.07. The summed E-state index contributed by atoms with van der Waals surface area (Å²) in [5.74, 6) is 0. The minimum atomic E-state index is 0.515. The van der Waals surface area contributed by atoms with E-state index in [-0.39, 0.29) is 0 Å². The van der Waals surface area contributed by atoms with Gasteiger partial charge in [0, 0.05) is 16.0 Å². The van der Waals surface area contributed by atoms with Crippen LogP contribution in [0.25, 0.3) is 6.08 Å². The fourth-order valence-corrected chi connectivity index (χ4v) is 1.61. The highest BCUT2D eigenvalue weighted by Gasteiger charge is 1.97. The molecule has 0 spiro atoms. The molecule has 4 heteroatoms. The van der Waals surface area contributed by atoms with E-state index < -0.39 is 0 Å². The molecule has 1 nitrogen and oxygen atoms in total. The van der Waals surface area contributed by atoms with Crippen LogP contribution < -0.4 is 0 Å². The molecule has 0 radical (unpaired) electrons. The first kappa shape index (κ1) is 11.2. The van der Waals surface area contributed by atoms with Gasteiger partial charge in [0.2, 0.25) is 0 Å². The van der Waals surface area contributed by atoms with Gasteiger partial charge in [0.25, 0.3) is 0 Å². The van der Waals surface area contributed by atoms with Crippen molar-refractivity contribution in [2.45, 2.75) is 6.42 Å². The minimum Gasteiger partial charge on any atom is -0.243 e. The molecule has 0 unspecified atom stereocenters. The number of nitrogens with zero attached hydrogens (tertiary/aromatic N) is 1. The third-order valence-electron chi connectivity index (χ3n) is 1.42. The number of alkyl halides is 1. The Hall–Kier alpha value is 0.140. The maximum absolute atomic E-state index is 5.75. The molecule has 1 aromatic heterocycles. The van der Waals surface area contributed by atoms with Crippen molar-refractivity contribution < 1.29 is 0 Å². The van der Waals surface area contributed by atoms with Gasteiger partial charge in [-0.1, -0.05) is 39.7 Å². The summed E-state index contributed by atoms with van der Waals surface area (Å²) >= 11 is 12.5. The van der Waals surface area contributed by atoms with E-state index in [1.807, 2.05) is 12.1 Å². The van der Waals surface area contributed by atoms with Crippen LogP contribution in [0.5, 0.6) is 0 Å². The average molecular weight is 325 g/mol. The highest BCUT2D eigenvalue weighted by Crippen LogP contribution is 2.20. The molecule has 0 saturated carbocycles. The molecule has 0 fully saturated rings. The molecule has 13 heavy (non-hydrogen) atoms. The van der Waals surface area contributed by atoms with Crippen LogP contribution in [-0.4, -0.2) is 10.3 Å². The Morgan fingerprint density at radius 1 is 1.54 bits per heavy atom. The molecule has 0 saturated heterocycles. The monoisotopic (exact) mass is 323 g/mol. The lowest BCUT2D eigenvalue weighted by molar-refractivity contribution is 1.26. The number of allylic oxidation sites excluding steroid dienone is 1. The fourth-order valence-electron chi connectivity index (χ4n) is 0.828. The Morgan fingerprint density at radius 3 is 3.00 bits per heavy atom. The molecule has 1 heterocycles. The van der Waals surface area contributed by atoms with Gasteiger partial charge in [-0.2, -0.15) is 0 Å². The average Bonchev–Trinajstić information content (AvgIpc) is 2.11. The molecule has 0 aliphatic rings. The fraction of sp³-hybridized carbons (Fsp3) is 0.222. The second-order valence-corrected chi connectivity index (χ2v) is 4.44. The van der Waals surface area contributed by atoms with Crippen LogP contribution in [0.15, 0.2) is 22.8 Å². The molecule has 1 rings (SSSR count). The predicted octanol–water partition coefficient (Wildman–Crippen LogP) is 4.30. The molecule has 0 amide bonds. The summed E-state index contributed by atoms with van der Waals surface area (Å²) < 4.78 is 0.961. The van der Waals surface area contributed by atoms with Crippen molar-refractivity contribution in [3.8, 4) is 0 Å². The summed E-state index contributed by atoms with van der Waals surface area (Å²) in [7, 11) is 0. The van der Waals surface area contributed by atoms with Crippen molar-refractivity contribution >= 4 is 49.5 Å². The van der Waals surface area contributed by atoms with E-state index in [1.165, 1.54) is 0 Å². The zero-order valence-electron chi connectivity index (χ0n) is 6.80. The largest absolute Gasteiger partial charge is 0.243 e. The van der Waals surface area contributed by atoms with Gasteiger partial charge in [0.15, 0.2) is 0 Å². The van der Waals surface area contributed by atoms with Gasteiger partial charge in [-0.05, 0) is 34.0 Å². The quantitative estimate of drug-likeness (QED) is 0.596. The molecular formula is C9H8Br2ClN. The van der Waals surface area contributed by atoms with Gasteiger partial charge in [-0.25, -0.2) is 4.98 Å². The van der Waals surface area contributed by atoms with Crippen molar-refractivity contribution in [1.82, 2.24) is 4.98 Å². The third-order valence-corrected chi connectivity index (χ3v) is 2.75. The Morgan fingerprint density at radius 2 is 2.31 bits per heavy atom. The highest BCUT2D eigenvalue weighted by atomic mass is 79.9. The Balaban J connectivity index is 2.81. The van der Waals surface area contributed by atoms with Crippen LogP contribution >= 0.6 is 43.5 Å². The summed E-state index contributed by atoms with van der Waals surface area (Å²) in [6.07, 6.45) is 6.83. The smallest absolute Gasteiger partial charge is 0.129 e. The summed E-state index contributed by atoms with van der Waals surface area (Å²) in [4.78, 5) is 3.94. The van der Waals surface area contributed by atoms with E-state index in [9.17, 15) is 0 Å². The van der Waals surface area contributed by atoms with E-state index in [1.54, 1.807) is 6.20 Å². The number of aromatic nitrogens is 1. The number of rotatable bonds is 3. The topological polar surface area (TPSA) is 12.9 Å². The molecular weight excluding hydrogens is 317 g/mol. The lowest BCUT2D eigenvalue weighted by Crippen LogP contribution is -1.80. The molecule has 0 atom stereocenters. The Kier molecular flexibility index (Phi) is 4.99. The van der Waals surface area contributed by atoms with Crippen LogP contribution in [0.3, 0.4) is 0 Å². The SMILES string of the molecule is Clc1cc(C=CCCBr)c(Br)cn1. The van der Waals surface area contributed by atoms with Crippen LogP contribution in [0.4, 0.5) is 0 Å². The predicted molar refractivity (Wildman–Crippen MR) is 64.4 cm³/mol. The Bertz CT molecular complexity index is 312. The van der Waals surface area contributed by atoms with Gasteiger partial charge in [0.05, 0.1) is 0 Å². The minimum absolute atomic E-state index is 0.515. The first-order chi connectivity index (χ1) is 6.24. The molecule has 70 valence electrons. The van der Waals surface area contributed by atoms with Crippen LogP contribution in [0, 0.1) is 0 Å².